The standard InChI is InChI=1S/C33H36N4O7S/c1-19(34-31(39)30-20(2)35-36-45-30)29(23-9-7-22(8-10-23)21-5-6-21)43-26-13-11-24(12-14-26)33(41)44-27-4-3-15-37(17-27)32(40)25-16-28(38)42-18-25/h7-14,19,21,25,27,29H,3-6,15-18H2,1-2H3,(H,34,39)/t19?,25-,27+,29?/m1/s1. The minimum absolute atomic E-state index is 0.0925. The van der Waals surface area contributed by atoms with E-state index in [2.05, 4.69) is 27.0 Å². The zero-order valence-electron chi connectivity index (χ0n) is 25.3. The van der Waals surface area contributed by atoms with Crippen molar-refractivity contribution in [3.63, 3.8) is 0 Å². The van der Waals surface area contributed by atoms with Crippen LogP contribution in [0.15, 0.2) is 48.5 Å². The minimum Gasteiger partial charge on any atom is -0.484 e. The van der Waals surface area contributed by atoms with Gasteiger partial charge in [-0.25, -0.2) is 4.79 Å². The summed E-state index contributed by atoms with van der Waals surface area (Å²) in [7, 11) is 0. The van der Waals surface area contributed by atoms with Crippen molar-refractivity contribution in [1.29, 1.82) is 0 Å². The summed E-state index contributed by atoms with van der Waals surface area (Å²) in [6.45, 7) is 4.60. The smallest absolute Gasteiger partial charge is 0.338 e. The van der Waals surface area contributed by atoms with Gasteiger partial charge in [0.2, 0.25) is 5.91 Å². The van der Waals surface area contributed by atoms with Crippen LogP contribution in [0.3, 0.4) is 0 Å². The molecular formula is C33H36N4O7S. The monoisotopic (exact) mass is 632 g/mol. The zero-order chi connectivity index (χ0) is 31.5. The Morgan fingerprint density at radius 2 is 1.82 bits per heavy atom. The van der Waals surface area contributed by atoms with Crippen LogP contribution in [-0.4, -0.2) is 70.1 Å². The van der Waals surface area contributed by atoms with Crippen molar-refractivity contribution in [3.05, 3.63) is 75.8 Å². The fourth-order valence-electron chi connectivity index (χ4n) is 5.82. The van der Waals surface area contributed by atoms with E-state index in [0.29, 0.717) is 53.7 Å². The van der Waals surface area contributed by atoms with Crippen LogP contribution < -0.4 is 10.1 Å². The summed E-state index contributed by atoms with van der Waals surface area (Å²) in [6, 6.07) is 14.6. The Morgan fingerprint density at radius 3 is 2.47 bits per heavy atom. The molecule has 2 aromatic carbocycles. The first kappa shape index (κ1) is 30.7. The summed E-state index contributed by atoms with van der Waals surface area (Å²) in [5.74, 6) is -0.558. The maximum Gasteiger partial charge on any atom is 0.338 e. The Hall–Kier alpha value is -4.32. The highest BCUT2D eigenvalue weighted by molar-refractivity contribution is 7.08. The molecule has 1 aromatic heterocycles. The van der Waals surface area contributed by atoms with Crippen LogP contribution in [0.25, 0.3) is 0 Å². The van der Waals surface area contributed by atoms with Gasteiger partial charge in [0.15, 0.2) is 0 Å². The third kappa shape index (κ3) is 7.33. The van der Waals surface area contributed by atoms with Gasteiger partial charge < -0.3 is 24.4 Å². The Labute approximate surface area is 265 Å². The average molecular weight is 633 g/mol. The molecule has 0 bridgehead atoms. The number of hydrogen-bond donors (Lipinski definition) is 1. The summed E-state index contributed by atoms with van der Waals surface area (Å²) >= 11 is 1.05. The highest BCUT2D eigenvalue weighted by Crippen LogP contribution is 2.40. The SMILES string of the molecule is Cc1nnsc1C(=O)NC(C)C(Oc1ccc(C(=O)O[C@H]2CCCN(C(=O)[C@H]3COC(=O)C3)C2)cc1)c1ccc(C2CC2)cc1. The van der Waals surface area contributed by atoms with Crippen LogP contribution in [0.1, 0.15) is 87.9 Å². The molecule has 2 aliphatic heterocycles. The molecule has 0 spiro atoms. The molecule has 3 heterocycles. The lowest BCUT2D eigenvalue weighted by atomic mass is 10.00. The Balaban J connectivity index is 1.10. The molecule has 1 aliphatic carbocycles. The van der Waals surface area contributed by atoms with Crippen molar-refractivity contribution in [3.8, 4) is 5.75 Å². The molecule has 3 fully saturated rings. The van der Waals surface area contributed by atoms with Crippen molar-refractivity contribution < 1.29 is 33.4 Å². The van der Waals surface area contributed by atoms with Crippen LogP contribution in [-0.2, 0) is 19.1 Å². The lowest BCUT2D eigenvalue weighted by molar-refractivity contribution is -0.139. The third-order valence-corrected chi connectivity index (χ3v) is 9.34. The molecule has 4 atom stereocenters. The van der Waals surface area contributed by atoms with Gasteiger partial charge >= 0.3 is 11.9 Å². The fraction of sp³-hybridized carbons (Fsp3) is 0.455. The van der Waals surface area contributed by atoms with Gasteiger partial charge in [-0.1, -0.05) is 28.8 Å². The molecule has 236 valence electrons. The average Bonchev–Trinajstić information content (AvgIpc) is 3.66. The summed E-state index contributed by atoms with van der Waals surface area (Å²) in [5, 5.41) is 6.98. The fourth-order valence-corrected chi connectivity index (χ4v) is 6.38. The van der Waals surface area contributed by atoms with Crippen molar-refractivity contribution >= 4 is 35.3 Å². The van der Waals surface area contributed by atoms with E-state index in [0.717, 1.165) is 17.1 Å². The maximum absolute atomic E-state index is 13.0. The first-order valence-electron chi connectivity index (χ1n) is 15.4. The minimum atomic E-state index is -0.507. The molecule has 1 saturated carbocycles. The lowest BCUT2D eigenvalue weighted by Crippen LogP contribution is -2.46. The van der Waals surface area contributed by atoms with E-state index in [9.17, 15) is 19.2 Å². The number of rotatable bonds is 10. The maximum atomic E-state index is 13.0. The van der Waals surface area contributed by atoms with Gasteiger partial charge in [0.05, 0.1) is 36.2 Å². The van der Waals surface area contributed by atoms with E-state index < -0.39 is 30.1 Å². The Kier molecular flexibility index (Phi) is 9.11. The lowest BCUT2D eigenvalue weighted by Gasteiger charge is -2.33. The van der Waals surface area contributed by atoms with E-state index in [1.165, 1.54) is 18.4 Å². The zero-order valence-corrected chi connectivity index (χ0v) is 26.1. The van der Waals surface area contributed by atoms with E-state index in [1.54, 1.807) is 36.1 Å². The molecular weight excluding hydrogens is 596 g/mol. The number of esters is 2. The Bertz CT molecular complexity index is 1550. The second kappa shape index (κ2) is 13.4. The van der Waals surface area contributed by atoms with Gasteiger partial charge in [0.1, 0.15) is 29.4 Å². The van der Waals surface area contributed by atoms with Gasteiger partial charge in [-0.15, -0.1) is 5.10 Å². The molecule has 6 rings (SSSR count). The van der Waals surface area contributed by atoms with Crippen LogP contribution in [0.2, 0.25) is 0 Å². The number of amides is 2. The molecule has 0 radical (unpaired) electrons. The molecule has 12 heteroatoms. The quantitative estimate of drug-likeness (QED) is 0.323. The number of benzene rings is 2. The van der Waals surface area contributed by atoms with Crippen LogP contribution in [0.4, 0.5) is 0 Å². The second-order valence-corrected chi connectivity index (χ2v) is 12.7. The topological polar surface area (TPSA) is 137 Å². The highest BCUT2D eigenvalue weighted by Gasteiger charge is 2.36. The molecule has 1 N–H and O–H groups in total. The second-order valence-electron chi connectivity index (χ2n) is 12.0. The number of aryl methyl sites for hydroxylation is 1. The predicted molar refractivity (Wildman–Crippen MR) is 164 cm³/mol. The van der Waals surface area contributed by atoms with Crippen molar-refractivity contribution in [2.24, 2.45) is 5.92 Å². The van der Waals surface area contributed by atoms with Crippen LogP contribution in [0, 0.1) is 12.8 Å². The molecule has 2 amide bonds. The molecule has 2 saturated heterocycles. The Morgan fingerprint density at radius 1 is 1.07 bits per heavy atom. The third-order valence-electron chi connectivity index (χ3n) is 8.51. The number of ether oxygens (including phenoxy) is 3. The van der Waals surface area contributed by atoms with Gasteiger partial charge in [-0.2, -0.15) is 0 Å². The predicted octanol–water partition coefficient (Wildman–Crippen LogP) is 4.37. The number of nitrogens with zero attached hydrogens (tertiary/aromatic N) is 3. The highest BCUT2D eigenvalue weighted by atomic mass is 32.1. The van der Waals surface area contributed by atoms with Crippen molar-refractivity contribution in [2.45, 2.75) is 70.1 Å². The van der Waals surface area contributed by atoms with E-state index in [4.69, 9.17) is 14.2 Å². The van der Waals surface area contributed by atoms with Crippen molar-refractivity contribution in [1.82, 2.24) is 19.8 Å². The van der Waals surface area contributed by atoms with Gasteiger partial charge in [-0.05, 0) is 92.4 Å². The number of nitrogens with one attached hydrogen (secondary N) is 1. The number of carbonyl (C=O) groups is 4. The summed E-state index contributed by atoms with van der Waals surface area (Å²) < 4.78 is 21.0. The van der Waals surface area contributed by atoms with Gasteiger partial charge in [-0.3, -0.25) is 14.4 Å². The molecule has 11 nitrogen and oxygen atoms in total. The number of aromatic nitrogens is 2. The first-order chi connectivity index (χ1) is 21.7. The molecule has 2 unspecified atom stereocenters. The van der Waals surface area contributed by atoms with Crippen molar-refractivity contribution in [2.75, 3.05) is 19.7 Å². The number of hydrogen-bond acceptors (Lipinski definition) is 10. The molecule has 3 aliphatic rings. The normalized spacial score (nSPS) is 21.0. The van der Waals surface area contributed by atoms with E-state index in [1.807, 2.05) is 19.1 Å². The van der Waals surface area contributed by atoms with Crippen LogP contribution >= 0.6 is 11.5 Å². The summed E-state index contributed by atoms with van der Waals surface area (Å²) in [6.07, 6.45) is 2.92. The number of carbonyl (C=O) groups excluding carboxylic acids is 4. The molecule has 45 heavy (non-hydrogen) atoms. The van der Waals surface area contributed by atoms with Gasteiger partial charge in [0, 0.05) is 6.54 Å². The number of piperidine rings is 1. The van der Waals surface area contributed by atoms with Crippen LogP contribution in [0.5, 0.6) is 5.75 Å². The molecule has 3 aromatic rings. The largest absolute Gasteiger partial charge is 0.484 e. The van der Waals surface area contributed by atoms with E-state index >= 15 is 0 Å². The summed E-state index contributed by atoms with van der Waals surface area (Å²) in [4.78, 5) is 52.4. The summed E-state index contributed by atoms with van der Waals surface area (Å²) in [5.41, 5.74) is 3.16. The van der Waals surface area contributed by atoms with Gasteiger partial charge in [0.25, 0.3) is 5.91 Å². The first-order valence-corrected chi connectivity index (χ1v) is 16.1. The van der Waals surface area contributed by atoms with E-state index in [-0.39, 0.29) is 30.8 Å². The number of likely N-dealkylation sites (tertiary alicyclic amines) is 1. The number of cyclic esters (lactones) is 1.